The molecule has 0 aliphatic rings. The van der Waals surface area contributed by atoms with Crippen molar-refractivity contribution in [1.82, 2.24) is 9.78 Å². The highest BCUT2D eigenvalue weighted by Crippen LogP contribution is 2.07. The Balaban J connectivity index is 1.93. The Morgan fingerprint density at radius 3 is 2.76 bits per heavy atom. The largest absolute Gasteiger partial charge is 0.492 e. The zero-order chi connectivity index (χ0) is 12.1. The molecule has 0 saturated heterocycles. The van der Waals surface area contributed by atoms with E-state index < -0.39 is 0 Å². The molecule has 1 aromatic carbocycles. The number of nitrogen functional groups attached to an aromatic ring is 1. The number of para-hydroxylation sites is 1. The molecule has 0 aliphatic carbocycles. The number of anilines is 1. The average molecular weight is 231 g/mol. The van der Waals surface area contributed by atoms with Gasteiger partial charge in [0.05, 0.1) is 18.4 Å². The van der Waals surface area contributed by atoms with Crippen LogP contribution in [0.5, 0.6) is 5.75 Å². The molecule has 1 aromatic heterocycles. The van der Waals surface area contributed by atoms with Gasteiger partial charge in [0, 0.05) is 6.07 Å². The van der Waals surface area contributed by atoms with Crippen molar-refractivity contribution in [1.29, 1.82) is 0 Å². The topological polar surface area (TPSA) is 70.1 Å². The summed E-state index contributed by atoms with van der Waals surface area (Å²) in [6, 6.07) is 10.8. The van der Waals surface area contributed by atoms with Crippen molar-refractivity contribution < 1.29 is 4.74 Å². The molecule has 0 spiro atoms. The van der Waals surface area contributed by atoms with Crippen LogP contribution in [0.2, 0.25) is 0 Å². The number of benzene rings is 1. The van der Waals surface area contributed by atoms with Crippen molar-refractivity contribution in [2.75, 3.05) is 12.3 Å². The van der Waals surface area contributed by atoms with E-state index in [2.05, 4.69) is 5.10 Å². The van der Waals surface area contributed by atoms with Gasteiger partial charge in [0.15, 0.2) is 0 Å². The molecular formula is C12H13N3O2. The Hall–Kier alpha value is -2.30. The lowest BCUT2D eigenvalue weighted by Crippen LogP contribution is -2.25. The Bertz CT molecular complexity index is 537. The molecule has 2 rings (SSSR count). The monoisotopic (exact) mass is 231 g/mol. The van der Waals surface area contributed by atoms with E-state index in [-0.39, 0.29) is 5.56 Å². The molecule has 0 unspecified atom stereocenters. The van der Waals surface area contributed by atoms with Crippen molar-refractivity contribution in [3.05, 3.63) is 52.9 Å². The first-order valence-electron chi connectivity index (χ1n) is 5.26. The number of rotatable bonds is 4. The van der Waals surface area contributed by atoms with Crippen LogP contribution in [0, 0.1) is 0 Å². The van der Waals surface area contributed by atoms with Gasteiger partial charge < -0.3 is 10.5 Å². The third-order valence-electron chi connectivity index (χ3n) is 2.21. The van der Waals surface area contributed by atoms with E-state index in [1.807, 2.05) is 30.3 Å². The molecular weight excluding hydrogens is 218 g/mol. The summed E-state index contributed by atoms with van der Waals surface area (Å²) in [6.07, 6.45) is 1.45. The molecule has 17 heavy (non-hydrogen) atoms. The molecule has 5 heteroatoms. The summed E-state index contributed by atoms with van der Waals surface area (Å²) >= 11 is 0. The molecule has 0 bridgehead atoms. The van der Waals surface area contributed by atoms with Gasteiger partial charge in [-0.25, -0.2) is 4.68 Å². The van der Waals surface area contributed by atoms with Gasteiger partial charge in [-0.3, -0.25) is 4.79 Å². The van der Waals surface area contributed by atoms with E-state index >= 15 is 0 Å². The van der Waals surface area contributed by atoms with Gasteiger partial charge in [-0.1, -0.05) is 18.2 Å². The Morgan fingerprint density at radius 2 is 2.06 bits per heavy atom. The van der Waals surface area contributed by atoms with Gasteiger partial charge in [0.25, 0.3) is 5.56 Å². The minimum atomic E-state index is -0.221. The summed E-state index contributed by atoms with van der Waals surface area (Å²) in [5.74, 6) is 0.774. The van der Waals surface area contributed by atoms with E-state index in [1.165, 1.54) is 16.9 Å². The van der Waals surface area contributed by atoms with Crippen LogP contribution in [0.3, 0.4) is 0 Å². The number of aromatic nitrogens is 2. The zero-order valence-corrected chi connectivity index (χ0v) is 9.24. The van der Waals surface area contributed by atoms with E-state index in [9.17, 15) is 4.79 Å². The maximum atomic E-state index is 11.4. The quantitative estimate of drug-likeness (QED) is 0.848. The number of nitrogens with zero attached hydrogens (tertiary/aromatic N) is 2. The van der Waals surface area contributed by atoms with Gasteiger partial charge in [-0.2, -0.15) is 5.10 Å². The van der Waals surface area contributed by atoms with Gasteiger partial charge >= 0.3 is 0 Å². The number of hydrogen-bond acceptors (Lipinski definition) is 4. The molecule has 2 N–H and O–H groups in total. The lowest BCUT2D eigenvalue weighted by molar-refractivity contribution is 0.288. The number of hydrogen-bond donors (Lipinski definition) is 1. The minimum absolute atomic E-state index is 0.221. The van der Waals surface area contributed by atoms with Crippen LogP contribution in [0.1, 0.15) is 0 Å². The molecule has 0 radical (unpaired) electrons. The van der Waals surface area contributed by atoms with Gasteiger partial charge in [-0.05, 0) is 12.1 Å². The SMILES string of the molecule is Nc1cnn(CCOc2ccccc2)c(=O)c1. The minimum Gasteiger partial charge on any atom is -0.492 e. The fraction of sp³-hybridized carbons (Fsp3) is 0.167. The molecule has 1 heterocycles. The molecule has 5 nitrogen and oxygen atoms in total. The summed E-state index contributed by atoms with van der Waals surface area (Å²) in [5, 5.41) is 3.91. The average Bonchev–Trinajstić information content (AvgIpc) is 2.33. The highest BCUT2D eigenvalue weighted by atomic mass is 16.5. The molecule has 2 aromatic rings. The van der Waals surface area contributed by atoms with E-state index in [0.717, 1.165) is 5.75 Å². The second kappa shape index (κ2) is 5.16. The van der Waals surface area contributed by atoms with E-state index in [4.69, 9.17) is 10.5 Å². The molecule has 0 aliphatic heterocycles. The van der Waals surface area contributed by atoms with Crippen LogP contribution < -0.4 is 16.0 Å². The Kier molecular flexibility index (Phi) is 3.40. The maximum absolute atomic E-state index is 11.4. The van der Waals surface area contributed by atoms with Gasteiger partial charge in [-0.15, -0.1) is 0 Å². The molecule has 0 atom stereocenters. The van der Waals surface area contributed by atoms with Crippen molar-refractivity contribution in [3.63, 3.8) is 0 Å². The molecule has 88 valence electrons. The van der Waals surface area contributed by atoms with Crippen molar-refractivity contribution >= 4 is 5.69 Å². The van der Waals surface area contributed by atoms with Crippen molar-refractivity contribution in [3.8, 4) is 5.75 Å². The summed E-state index contributed by atoms with van der Waals surface area (Å²) in [7, 11) is 0. The highest BCUT2D eigenvalue weighted by Gasteiger charge is 1.98. The third-order valence-corrected chi connectivity index (χ3v) is 2.21. The molecule has 0 amide bonds. The van der Waals surface area contributed by atoms with Crippen LogP contribution in [-0.4, -0.2) is 16.4 Å². The summed E-state index contributed by atoms with van der Waals surface area (Å²) in [5.41, 5.74) is 5.59. The first-order chi connectivity index (χ1) is 8.25. The third kappa shape index (κ3) is 3.07. The first-order valence-corrected chi connectivity index (χ1v) is 5.26. The van der Waals surface area contributed by atoms with Crippen LogP contribution >= 0.6 is 0 Å². The Labute approximate surface area is 98.5 Å². The van der Waals surface area contributed by atoms with Crippen LogP contribution in [0.15, 0.2) is 47.4 Å². The van der Waals surface area contributed by atoms with Gasteiger partial charge in [0.2, 0.25) is 0 Å². The van der Waals surface area contributed by atoms with Crippen molar-refractivity contribution in [2.24, 2.45) is 0 Å². The normalized spacial score (nSPS) is 10.1. The fourth-order valence-electron chi connectivity index (χ4n) is 1.38. The summed E-state index contributed by atoms with van der Waals surface area (Å²) in [4.78, 5) is 11.4. The predicted molar refractivity (Wildman–Crippen MR) is 64.8 cm³/mol. The van der Waals surface area contributed by atoms with E-state index in [1.54, 1.807) is 0 Å². The molecule has 0 saturated carbocycles. The van der Waals surface area contributed by atoms with Crippen LogP contribution in [0.25, 0.3) is 0 Å². The predicted octanol–water partition coefficient (Wildman–Crippen LogP) is 0.904. The second-order valence-electron chi connectivity index (χ2n) is 3.51. The summed E-state index contributed by atoms with van der Waals surface area (Å²) < 4.78 is 6.78. The second-order valence-corrected chi connectivity index (χ2v) is 3.51. The maximum Gasteiger partial charge on any atom is 0.268 e. The zero-order valence-electron chi connectivity index (χ0n) is 9.24. The fourth-order valence-corrected chi connectivity index (χ4v) is 1.38. The van der Waals surface area contributed by atoms with Crippen LogP contribution in [0.4, 0.5) is 5.69 Å². The van der Waals surface area contributed by atoms with E-state index in [0.29, 0.717) is 18.8 Å². The Morgan fingerprint density at radius 1 is 1.29 bits per heavy atom. The van der Waals surface area contributed by atoms with Gasteiger partial charge in [0.1, 0.15) is 12.4 Å². The standard InChI is InChI=1S/C12H13N3O2/c13-10-8-12(16)15(14-9-10)6-7-17-11-4-2-1-3-5-11/h1-5,8-9H,6-7,13H2. The lowest BCUT2D eigenvalue weighted by Gasteiger charge is -2.07. The lowest BCUT2D eigenvalue weighted by atomic mass is 10.3. The van der Waals surface area contributed by atoms with Crippen LogP contribution in [-0.2, 0) is 6.54 Å². The first kappa shape index (κ1) is 11.2. The summed E-state index contributed by atoms with van der Waals surface area (Å²) in [6.45, 7) is 0.787. The highest BCUT2D eigenvalue weighted by molar-refractivity contribution is 5.31. The molecule has 0 fully saturated rings. The number of ether oxygens (including phenoxy) is 1. The number of nitrogens with two attached hydrogens (primary N) is 1. The van der Waals surface area contributed by atoms with Crippen molar-refractivity contribution in [2.45, 2.75) is 6.54 Å². The smallest absolute Gasteiger partial charge is 0.268 e.